The van der Waals surface area contributed by atoms with Gasteiger partial charge in [0.1, 0.15) is 0 Å². The zero-order valence-electron chi connectivity index (χ0n) is 14.9. The second-order valence-electron chi connectivity index (χ2n) is 6.85. The Morgan fingerprint density at radius 3 is 2.76 bits per heavy atom. The summed E-state index contributed by atoms with van der Waals surface area (Å²) in [6.45, 7) is 5.15. The van der Waals surface area contributed by atoms with Crippen molar-refractivity contribution in [2.24, 2.45) is 4.99 Å². The van der Waals surface area contributed by atoms with Gasteiger partial charge in [0.2, 0.25) is 0 Å². The van der Waals surface area contributed by atoms with Crippen LogP contribution in [0.5, 0.6) is 0 Å². The van der Waals surface area contributed by atoms with Gasteiger partial charge in [-0.3, -0.25) is 9.89 Å². The van der Waals surface area contributed by atoms with Gasteiger partial charge in [0.25, 0.3) is 0 Å². The average Bonchev–Trinajstić information content (AvgIpc) is 3.34. The highest BCUT2D eigenvalue weighted by Gasteiger charge is 2.29. The van der Waals surface area contributed by atoms with E-state index in [0.717, 1.165) is 38.7 Å². The summed E-state index contributed by atoms with van der Waals surface area (Å²) in [4.78, 5) is 9.47. The van der Waals surface area contributed by atoms with Crippen molar-refractivity contribution in [1.29, 1.82) is 0 Å². The van der Waals surface area contributed by atoms with E-state index in [-0.39, 0.29) is 0 Å². The van der Waals surface area contributed by atoms with Crippen LogP contribution in [-0.4, -0.2) is 55.0 Å². The molecule has 0 spiro atoms. The van der Waals surface area contributed by atoms with Gasteiger partial charge >= 0.3 is 0 Å². The fraction of sp³-hybridized carbons (Fsp3) is 0.381. The van der Waals surface area contributed by atoms with E-state index in [1.165, 1.54) is 22.8 Å². The minimum Gasteiger partial charge on any atom is -0.352 e. The van der Waals surface area contributed by atoms with E-state index >= 15 is 0 Å². The lowest BCUT2D eigenvalue weighted by Crippen LogP contribution is -2.42. The van der Waals surface area contributed by atoms with Crippen molar-refractivity contribution in [1.82, 2.24) is 15.1 Å². The van der Waals surface area contributed by atoms with Gasteiger partial charge in [-0.25, -0.2) is 0 Å². The van der Waals surface area contributed by atoms with Gasteiger partial charge in [-0.05, 0) is 22.8 Å². The fourth-order valence-electron chi connectivity index (χ4n) is 3.98. The summed E-state index contributed by atoms with van der Waals surface area (Å²) in [7, 11) is 1.89. The first kappa shape index (κ1) is 16.2. The molecule has 0 bridgehead atoms. The molecule has 1 unspecified atom stereocenters. The number of hydrogen-bond acceptors (Lipinski definition) is 2. The van der Waals surface area contributed by atoms with Crippen molar-refractivity contribution in [3.05, 3.63) is 60.2 Å². The summed E-state index contributed by atoms with van der Waals surface area (Å²) in [6.07, 6.45) is 5.77. The minimum atomic E-state index is 0.645. The van der Waals surface area contributed by atoms with Crippen LogP contribution in [-0.2, 0) is 6.54 Å². The molecular formula is C21H26N4. The minimum absolute atomic E-state index is 0.645. The Bertz CT molecular complexity index is 782. The highest BCUT2D eigenvalue weighted by Crippen LogP contribution is 2.20. The lowest BCUT2D eigenvalue weighted by Gasteiger charge is -2.25. The molecule has 0 saturated carbocycles. The maximum absolute atomic E-state index is 4.52. The number of fused-ring (bicyclic) bond motifs is 1. The van der Waals surface area contributed by atoms with Crippen LogP contribution in [0.3, 0.4) is 0 Å². The Morgan fingerprint density at radius 2 is 1.92 bits per heavy atom. The van der Waals surface area contributed by atoms with Gasteiger partial charge in [0.05, 0.1) is 0 Å². The Kier molecular flexibility index (Phi) is 4.70. The molecule has 2 aliphatic rings. The summed E-state index contributed by atoms with van der Waals surface area (Å²) < 4.78 is 0. The van der Waals surface area contributed by atoms with Crippen molar-refractivity contribution in [3.8, 4) is 0 Å². The highest BCUT2D eigenvalue weighted by molar-refractivity contribution is 5.86. The number of benzene rings is 2. The van der Waals surface area contributed by atoms with Crippen molar-refractivity contribution < 1.29 is 0 Å². The molecule has 0 amide bonds. The number of nitrogens with zero attached hydrogens (tertiary/aromatic N) is 3. The number of guanidine groups is 1. The summed E-state index contributed by atoms with van der Waals surface area (Å²) in [6, 6.07) is 15.7. The molecule has 1 atom stereocenters. The summed E-state index contributed by atoms with van der Waals surface area (Å²) >= 11 is 0. The summed E-state index contributed by atoms with van der Waals surface area (Å²) in [5.74, 6) is 1.02. The van der Waals surface area contributed by atoms with Gasteiger partial charge < -0.3 is 10.2 Å². The molecular weight excluding hydrogens is 308 g/mol. The smallest absolute Gasteiger partial charge is 0.193 e. The first-order valence-corrected chi connectivity index (χ1v) is 9.16. The van der Waals surface area contributed by atoms with Gasteiger partial charge in [-0.1, -0.05) is 54.6 Å². The lowest BCUT2D eigenvalue weighted by atomic mass is 10.0. The molecule has 1 fully saturated rings. The van der Waals surface area contributed by atoms with E-state index in [4.69, 9.17) is 0 Å². The number of likely N-dealkylation sites (tertiary alicyclic amines) is 1. The zero-order valence-corrected chi connectivity index (χ0v) is 14.9. The fourth-order valence-corrected chi connectivity index (χ4v) is 3.98. The van der Waals surface area contributed by atoms with Crippen LogP contribution >= 0.6 is 0 Å². The Morgan fingerprint density at radius 1 is 1.12 bits per heavy atom. The van der Waals surface area contributed by atoms with Gasteiger partial charge in [0.15, 0.2) is 5.96 Å². The number of rotatable bonds is 3. The number of hydrogen-bond donors (Lipinski definition) is 1. The van der Waals surface area contributed by atoms with Crippen molar-refractivity contribution in [2.75, 3.05) is 33.2 Å². The summed E-state index contributed by atoms with van der Waals surface area (Å²) in [5.41, 5.74) is 1.32. The second-order valence-corrected chi connectivity index (χ2v) is 6.85. The standard InChI is InChI=1S/C21H26N4/c1-22-21(25-14-11-19(16-25)24-12-4-5-13-24)23-15-18-9-6-8-17-7-2-3-10-20(17)18/h2-10,19H,11-16H2,1H3,(H,22,23). The number of aliphatic imine (C=N–C) groups is 1. The molecule has 0 radical (unpaired) electrons. The third-order valence-corrected chi connectivity index (χ3v) is 5.35. The van der Waals surface area contributed by atoms with Crippen LogP contribution in [0.4, 0.5) is 0 Å². The van der Waals surface area contributed by atoms with Gasteiger partial charge in [0, 0.05) is 45.8 Å². The van der Waals surface area contributed by atoms with Crippen molar-refractivity contribution in [3.63, 3.8) is 0 Å². The van der Waals surface area contributed by atoms with Crippen molar-refractivity contribution >= 4 is 16.7 Å². The molecule has 0 aliphatic carbocycles. The Balaban J connectivity index is 1.41. The molecule has 1 N–H and O–H groups in total. The van der Waals surface area contributed by atoms with Crippen LogP contribution < -0.4 is 5.32 Å². The second kappa shape index (κ2) is 7.28. The van der Waals surface area contributed by atoms with E-state index < -0.39 is 0 Å². The molecule has 4 rings (SSSR count). The average molecular weight is 334 g/mol. The van der Waals surface area contributed by atoms with Crippen LogP contribution in [0.1, 0.15) is 12.0 Å². The topological polar surface area (TPSA) is 30.9 Å². The molecule has 0 aromatic heterocycles. The maximum Gasteiger partial charge on any atom is 0.193 e. The highest BCUT2D eigenvalue weighted by atomic mass is 15.3. The Hall–Kier alpha value is -2.33. The molecule has 2 aromatic carbocycles. The molecule has 25 heavy (non-hydrogen) atoms. The Labute approximate surface area is 149 Å². The SMILES string of the molecule is CN=C(NCc1cccc2ccccc12)N1CCC(N2CC=CC2)C1. The number of nitrogens with one attached hydrogen (secondary N) is 1. The van der Waals surface area contributed by atoms with E-state index in [1.54, 1.807) is 0 Å². The first-order valence-electron chi connectivity index (χ1n) is 9.16. The van der Waals surface area contributed by atoms with Gasteiger partial charge in [-0.15, -0.1) is 0 Å². The lowest BCUT2D eigenvalue weighted by molar-refractivity contribution is 0.259. The molecule has 2 heterocycles. The van der Waals surface area contributed by atoms with E-state index in [2.05, 4.69) is 74.7 Å². The summed E-state index contributed by atoms with van der Waals surface area (Å²) in [5, 5.41) is 6.18. The van der Waals surface area contributed by atoms with Crippen LogP contribution in [0.2, 0.25) is 0 Å². The van der Waals surface area contributed by atoms with Crippen LogP contribution in [0.25, 0.3) is 10.8 Å². The molecule has 4 nitrogen and oxygen atoms in total. The maximum atomic E-state index is 4.52. The molecule has 2 aromatic rings. The predicted molar refractivity (Wildman–Crippen MR) is 105 cm³/mol. The van der Waals surface area contributed by atoms with Gasteiger partial charge in [-0.2, -0.15) is 0 Å². The van der Waals surface area contributed by atoms with Crippen LogP contribution in [0.15, 0.2) is 59.6 Å². The molecule has 130 valence electrons. The molecule has 4 heteroatoms. The zero-order chi connectivity index (χ0) is 17.1. The monoisotopic (exact) mass is 334 g/mol. The third kappa shape index (κ3) is 3.40. The largest absolute Gasteiger partial charge is 0.352 e. The quantitative estimate of drug-likeness (QED) is 0.532. The molecule has 1 saturated heterocycles. The van der Waals surface area contributed by atoms with E-state index in [0.29, 0.717) is 6.04 Å². The molecule has 2 aliphatic heterocycles. The normalized spacial score (nSPS) is 21.4. The third-order valence-electron chi connectivity index (χ3n) is 5.35. The van der Waals surface area contributed by atoms with Crippen LogP contribution in [0, 0.1) is 0 Å². The van der Waals surface area contributed by atoms with Crippen molar-refractivity contribution in [2.45, 2.75) is 19.0 Å². The van der Waals surface area contributed by atoms with E-state index in [1.807, 2.05) is 7.05 Å². The first-order chi connectivity index (χ1) is 12.3. The van der Waals surface area contributed by atoms with E-state index in [9.17, 15) is 0 Å². The predicted octanol–water partition coefficient (Wildman–Crippen LogP) is 2.86.